The number of nitrogens with zero attached hydrogens (tertiary/aromatic N) is 1. The Hall–Kier alpha value is -0.570. The van der Waals surface area contributed by atoms with Crippen LogP contribution in [0.4, 0.5) is 0 Å². The first-order valence-corrected chi connectivity index (χ1v) is 12.0. The van der Waals surface area contributed by atoms with Gasteiger partial charge in [0.25, 0.3) is 0 Å². The van der Waals surface area contributed by atoms with Crippen molar-refractivity contribution in [1.82, 2.24) is 4.90 Å². The lowest BCUT2D eigenvalue weighted by molar-refractivity contribution is -0.316. The number of piperidine rings is 1. The molecule has 6 aliphatic rings. The Balaban J connectivity index is 1.70. The van der Waals surface area contributed by atoms with Crippen LogP contribution >= 0.6 is 0 Å². The van der Waals surface area contributed by atoms with Crippen LogP contribution in [-0.4, -0.2) is 90.9 Å². The molecular weight excluding hydrogens is 398 g/mol. The van der Waals surface area contributed by atoms with Gasteiger partial charge in [0.15, 0.2) is 11.4 Å². The molecule has 1 aliphatic heterocycles. The van der Waals surface area contributed by atoms with Crippen molar-refractivity contribution in [3.63, 3.8) is 0 Å². The standard InChI is InChI=1S/C24H37NO6/c1-6-25-11-21(2)8-7-15(30-4)23-13-9-12-14(29-3)10-22(31-5,16(13)17(12)26)24(28,20(23)25)19(27)18(21)23/h12-18,20,26,28H,6-11H2,1-5H3/t12-,13-,14+,15+,16-,17+,18-,20+,21+,22-,23+,24+/m1/s1. The van der Waals surface area contributed by atoms with Crippen molar-refractivity contribution >= 4 is 5.78 Å². The number of methoxy groups -OCH3 is 3. The highest BCUT2D eigenvalue weighted by Gasteiger charge is 2.91. The fourth-order valence-corrected chi connectivity index (χ4v) is 10.5. The summed E-state index contributed by atoms with van der Waals surface area (Å²) in [4.78, 5) is 16.8. The number of carbonyl (C=O) groups is 1. The summed E-state index contributed by atoms with van der Waals surface area (Å²) in [6.45, 7) is 5.93. The predicted octanol–water partition coefficient (Wildman–Crippen LogP) is 0.853. The second-order valence-electron chi connectivity index (χ2n) is 11.5. The van der Waals surface area contributed by atoms with E-state index in [0.29, 0.717) is 6.42 Å². The highest BCUT2D eigenvalue weighted by molar-refractivity contribution is 5.98. The Morgan fingerprint density at radius 2 is 1.97 bits per heavy atom. The lowest BCUT2D eigenvalue weighted by Gasteiger charge is -2.69. The average Bonchev–Trinajstić information content (AvgIpc) is 3.09. The minimum Gasteiger partial charge on any atom is -0.392 e. The largest absolute Gasteiger partial charge is 0.392 e. The fourth-order valence-electron chi connectivity index (χ4n) is 10.5. The van der Waals surface area contributed by atoms with E-state index in [1.54, 1.807) is 21.3 Å². The molecule has 0 aromatic carbocycles. The molecule has 7 nitrogen and oxygen atoms in total. The van der Waals surface area contributed by atoms with E-state index in [1.165, 1.54) is 0 Å². The summed E-state index contributed by atoms with van der Waals surface area (Å²) in [5.74, 6) is -0.591. The zero-order chi connectivity index (χ0) is 22.1. The normalized spacial score (nSPS) is 61.7. The number of likely N-dealkylation sites (tertiary alicyclic amines) is 1. The van der Waals surface area contributed by atoms with E-state index < -0.39 is 22.7 Å². The van der Waals surface area contributed by atoms with Gasteiger partial charge in [-0.3, -0.25) is 9.69 Å². The number of aliphatic hydroxyl groups excluding tert-OH is 1. The molecule has 0 aromatic heterocycles. The van der Waals surface area contributed by atoms with Crippen molar-refractivity contribution in [2.75, 3.05) is 34.4 Å². The van der Waals surface area contributed by atoms with Crippen LogP contribution in [0.2, 0.25) is 0 Å². The van der Waals surface area contributed by atoms with Crippen LogP contribution in [0, 0.1) is 34.5 Å². The maximum atomic E-state index is 14.5. The van der Waals surface area contributed by atoms with Crippen LogP contribution in [0.1, 0.15) is 39.5 Å². The lowest BCUT2D eigenvalue weighted by Crippen LogP contribution is -2.81. The molecule has 1 spiro atoms. The Bertz CT molecular complexity index is 822. The summed E-state index contributed by atoms with van der Waals surface area (Å²) < 4.78 is 18.3. The molecule has 5 aliphatic carbocycles. The van der Waals surface area contributed by atoms with Crippen LogP contribution < -0.4 is 0 Å². The zero-order valence-corrected chi connectivity index (χ0v) is 19.3. The van der Waals surface area contributed by atoms with Crippen LogP contribution in [-0.2, 0) is 19.0 Å². The van der Waals surface area contributed by atoms with E-state index in [2.05, 4.69) is 18.7 Å². The van der Waals surface area contributed by atoms with Gasteiger partial charge in [-0.1, -0.05) is 13.8 Å². The monoisotopic (exact) mass is 435 g/mol. The molecule has 0 radical (unpaired) electrons. The van der Waals surface area contributed by atoms with Crippen molar-refractivity contribution in [2.45, 2.75) is 75.1 Å². The number of ketones is 1. The van der Waals surface area contributed by atoms with Gasteiger partial charge in [-0.15, -0.1) is 0 Å². The number of carbonyl (C=O) groups excluding carboxylic acids is 1. The molecule has 0 unspecified atom stereocenters. The fraction of sp³-hybridized carbons (Fsp3) is 0.958. The van der Waals surface area contributed by atoms with Crippen LogP contribution in [0.3, 0.4) is 0 Å². The third-order valence-electron chi connectivity index (χ3n) is 11.1. The number of rotatable bonds is 4. The van der Waals surface area contributed by atoms with Gasteiger partial charge in [-0.25, -0.2) is 0 Å². The number of likely N-dealkylation sites (N-methyl/N-ethyl adjacent to an activating group) is 1. The van der Waals surface area contributed by atoms with Gasteiger partial charge < -0.3 is 24.4 Å². The van der Waals surface area contributed by atoms with E-state index in [9.17, 15) is 15.0 Å². The van der Waals surface area contributed by atoms with Crippen LogP contribution in [0.5, 0.6) is 0 Å². The predicted molar refractivity (Wildman–Crippen MR) is 111 cm³/mol. The van der Waals surface area contributed by atoms with Crippen LogP contribution in [0.15, 0.2) is 0 Å². The molecule has 7 bridgehead atoms. The van der Waals surface area contributed by atoms with E-state index >= 15 is 0 Å². The molecule has 7 heteroatoms. The quantitative estimate of drug-likeness (QED) is 0.677. The van der Waals surface area contributed by atoms with Gasteiger partial charge in [-0.05, 0) is 37.1 Å². The molecule has 174 valence electrons. The number of fused-ring (bicyclic) bond motifs is 2. The van der Waals surface area contributed by atoms with Gasteiger partial charge in [-0.2, -0.15) is 0 Å². The summed E-state index contributed by atoms with van der Waals surface area (Å²) in [6, 6.07) is -0.358. The van der Waals surface area contributed by atoms with Crippen molar-refractivity contribution in [2.24, 2.45) is 34.5 Å². The molecule has 6 fully saturated rings. The first-order chi connectivity index (χ1) is 14.7. The topological polar surface area (TPSA) is 88.5 Å². The van der Waals surface area contributed by atoms with Crippen molar-refractivity contribution in [3.05, 3.63) is 0 Å². The Kier molecular flexibility index (Phi) is 4.13. The van der Waals surface area contributed by atoms with Crippen LogP contribution in [0.25, 0.3) is 0 Å². The molecule has 0 amide bonds. The van der Waals surface area contributed by atoms with Crippen molar-refractivity contribution < 1.29 is 29.2 Å². The van der Waals surface area contributed by atoms with Crippen molar-refractivity contribution in [3.8, 4) is 0 Å². The second kappa shape index (κ2) is 6.10. The third kappa shape index (κ3) is 1.85. The molecule has 0 aromatic rings. The minimum atomic E-state index is -1.68. The molecule has 2 N–H and O–H groups in total. The maximum absolute atomic E-state index is 14.5. The minimum absolute atomic E-state index is 0.00260. The number of hydrogen-bond donors (Lipinski definition) is 2. The zero-order valence-electron chi connectivity index (χ0n) is 19.3. The SMILES string of the molecule is CCN1C[C@]2(C)CC[C@H](OC)[C@@]34[C@@H]5C[C@H]6[C@H](O)[C@@H]5[C@](OC)(C[C@@H]6OC)[C@](O)(C(=O)[C@H]23)[C@@H]14. The first-order valence-electron chi connectivity index (χ1n) is 12.0. The summed E-state index contributed by atoms with van der Waals surface area (Å²) in [5, 5.41) is 24.2. The van der Waals surface area contributed by atoms with Crippen molar-refractivity contribution in [1.29, 1.82) is 0 Å². The average molecular weight is 436 g/mol. The molecule has 5 saturated carbocycles. The van der Waals surface area contributed by atoms with Gasteiger partial charge in [0.1, 0.15) is 5.60 Å². The number of hydrogen-bond acceptors (Lipinski definition) is 7. The highest BCUT2D eigenvalue weighted by Crippen LogP contribution is 2.79. The van der Waals surface area contributed by atoms with E-state index in [1.807, 2.05) is 0 Å². The maximum Gasteiger partial charge on any atom is 0.173 e. The Morgan fingerprint density at radius 1 is 1.23 bits per heavy atom. The molecule has 31 heavy (non-hydrogen) atoms. The summed E-state index contributed by atoms with van der Waals surface area (Å²) in [6.07, 6.45) is 2.02. The Labute approximate surface area is 184 Å². The number of aliphatic hydroxyl groups is 2. The smallest absolute Gasteiger partial charge is 0.173 e. The summed E-state index contributed by atoms with van der Waals surface area (Å²) in [7, 11) is 5.03. The van der Waals surface area contributed by atoms with Gasteiger partial charge >= 0.3 is 0 Å². The van der Waals surface area contributed by atoms with Gasteiger partial charge in [0.05, 0.1) is 24.4 Å². The van der Waals surface area contributed by atoms with E-state index in [0.717, 1.165) is 32.4 Å². The lowest BCUT2D eigenvalue weighted by atomic mass is 9.43. The molecule has 12 atom stereocenters. The number of Topliss-reactive ketones (excluding diaryl/α,β-unsaturated/α-hetero) is 1. The van der Waals surface area contributed by atoms with E-state index in [4.69, 9.17) is 14.2 Å². The molecule has 1 saturated heterocycles. The van der Waals surface area contributed by atoms with Gasteiger partial charge in [0.2, 0.25) is 0 Å². The number of ether oxygens (including phenoxy) is 3. The first kappa shape index (κ1) is 21.0. The van der Waals surface area contributed by atoms with E-state index in [-0.39, 0.29) is 53.1 Å². The Morgan fingerprint density at radius 3 is 2.58 bits per heavy atom. The molecule has 6 rings (SSSR count). The van der Waals surface area contributed by atoms with Gasteiger partial charge in [0, 0.05) is 57.5 Å². The summed E-state index contributed by atoms with van der Waals surface area (Å²) >= 11 is 0. The second-order valence-corrected chi connectivity index (χ2v) is 11.5. The third-order valence-corrected chi connectivity index (χ3v) is 11.1. The molecule has 1 heterocycles. The molecular formula is C24H37NO6. The summed E-state index contributed by atoms with van der Waals surface area (Å²) in [5.41, 5.74) is -3.55. The highest BCUT2D eigenvalue weighted by atomic mass is 16.5.